The molecule has 2 heteroatoms. The van der Waals surface area contributed by atoms with Crippen molar-refractivity contribution in [3.05, 3.63) is 34.9 Å². The lowest BCUT2D eigenvalue weighted by Gasteiger charge is -2.43. The van der Waals surface area contributed by atoms with E-state index in [0.717, 1.165) is 26.2 Å². The van der Waals surface area contributed by atoms with Gasteiger partial charge < -0.3 is 10.1 Å². The van der Waals surface area contributed by atoms with Gasteiger partial charge in [-0.05, 0) is 49.0 Å². The molecule has 0 unspecified atom stereocenters. The van der Waals surface area contributed by atoms with Crippen LogP contribution in [-0.4, -0.2) is 26.8 Å². The molecule has 0 saturated carbocycles. The van der Waals surface area contributed by atoms with Crippen LogP contribution < -0.4 is 5.32 Å². The smallest absolute Gasteiger partial charge is 0.0586 e. The fourth-order valence-electron chi connectivity index (χ4n) is 2.87. The van der Waals surface area contributed by atoms with Gasteiger partial charge in [-0.2, -0.15) is 0 Å². The molecule has 1 aliphatic heterocycles. The summed E-state index contributed by atoms with van der Waals surface area (Å²) >= 11 is 0. The molecule has 0 amide bonds. The average molecular weight is 261 g/mol. The Morgan fingerprint density at radius 3 is 2.37 bits per heavy atom. The molecule has 0 spiro atoms. The lowest BCUT2D eigenvalue weighted by Crippen LogP contribution is -2.48. The van der Waals surface area contributed by atoms with E-state index in [1.165, 1.54) is 16.7 Å². The third-order valence-corrected chi connectivity index (χ3v) is 4.27. The first kappa shape index (κ1) is 14.5. The molecule has 0 atom stereocenters. The lowest BCUT2D eigenvalue weighted by atomic mass is 9.72. The third-order valence-electron chi connectivity index (χ3n) is 4.27. The van der Waals surface area contributed by atoms with Crippen LogP contribution >= 0.6 is 0 Å². The Labute approximate surface area is 117 Å². The molecule has 0 aliphatic carbocycles. The van der Waals surface area contributed by atoms with Gasteiger partial charge in [-0.15, -0.1) is 0 Å². The van der Waals surface area contributed by atoms with Gasteiger partial charge in [0, 0.05) is 5.41 Å². The summed E-state index contributed by atoms with van der Waals surface area (Å²) in [6, 6.07) is 6.98. The monoisotopic (exact) mass is 261 g/mol. The topological polar surface area (TPSA) is 21.3 Å². The van der Waals surface area contributed by atoms with E-state index in [2.05, 4.69) is 51.2 Å². The molecule has 1 aliphatic rings. The Bertz CT molecular complexity index is 441. The summed E-state index contributed by atoms with van der Waals surface area (Å²) in [6.45, 7) is 11.8. The Hall–Kier alpha value is -0.860. The van der Waals surface area contributed by atoms with Crippen LogP contribution in [-0.2, 0) is 15.6 Å². The lowest BCUT2D eigenvalue weighted by molar-refractivity contribution is -0.0641. The van der Waals surface area contributed by atoms with E-state index in [-0.39, 0.29) is 10.8 Å². The predicted molar refractivity (Wildman–Crippen MR) is 80.9 cm³/mol. The molecule has 1 N–H and O–H groups in total. The summed E-state index contributed by atoms with van der Waals surface area (Å²) in [5.74, 6) is 0. The third kappa shape index (κ3) is 2.85. The van der Waals surface area contributed by atoms with Gasteiger partial charge in [-0.1, -0.05) is 39.0 Å². The maximum Gasteiger partial charge on any atom is 0.0586 e. The Balaban J connectivity index is 2.29. The zero-order chi connectivity index (χ0) is 14.1. The van der Waals surface area contributed by atoms with E-state index in [1.54, 1.807) is 0 Å². The largest absolute Gasteiger partial charge is 0.379 e. The first-order valence-electron chi connectivity index (χ1n) is 7.23. The standard InChI is InChI=1S/C17H27NO/c1-13-10-14(16(2,3)4)6-7-15(13)17(8-9-18-5)11-19-12-17/h6-7,10,18H,8-9,11-12H2,1-5H3. The van der Waals surface area contributed by atoms with Crippen LogP contribution in [0, 0.1) is 6.92 Å². The van der Waals surface area contributed by atoms with Crippen LogP contribution in [0.25, 0.3) is 0 Å². The van der Waals surface area contributed by atoms with Crippen LogP contribution in [0.4, 0.5) is 0 Å². The number of aryl methyl sites for hydroxylation is 1. The van der Waals surface area contributed by atoms with Crippen LogP contribution in [0.15, 0.2) is 18.2 Å². The van der Waals surface area contributed by atoms with Gasteiger partial charge >= 0.3 is 0 Å². The molecule has 0 bridgehead atoms. The van der Waals surface area contributed by atoms with Gasteiger partial charge in [0.1, 0.15) is 0 Å². The van der Waals surface area contributed by atoms with Crippen molar-refractivity contribution in [1.82, 2.24) is 5.32 Å². The molecule has 1 saturated heterocycles. The first-order valence-corrected chi connectivity index (χ1v) is 7.23. The normalized spacial score (nSPS) is 18.2. The summed E-state index contributed by atoms with van der Waals surface area (Å²) in [5, 5.41) is 3.26. The predicted octanol–water partition coefficient (Wildman–Crippen LogP) is 3.17. The van der Waals surface area contributed by atoms with Crippen LogP contribution in [0.5, 0.6) is 0 Å². The Kier molecular flexibility index (Phi) is 4.03. The fraction of sp³-hybridized carbons (Fsp3) is 0.647. The van der Waals surface area contributed by atoms with E-state index in [9.17, 15) is 0 Å². The number of hydrogen-bond acceptors (Lipinski definition) is 2. The number of hydrogen-bond donors (Lipinski definition) is 1. The number of rotatable bonds is 4. The minimum atomic E-state index is 0.220. The number of benzene rings is 1. The summed E-state index contributed by atoms with van der Waals surface area (Å²) in [7, 11) is 2.02. The highest BCUT2D eigenvalue weighted by atomic mass is 16.5. The van der Waals surface area contributed by atoms with Crippen LogP contribution in [0.3, 0.4) is 0 Å². The molecule has 1 fully saturated rings. The first-order chi connectivity index (χ1) is 8.89. The van der Waals surface area contributed by atoms with Crippen molar-refractivity contribution in [3.8, 4) is 0 Å². The van der Waals surface area contributed by atoms with Gasteiger partial charge in [0.25, 0.3) is 0 Å². The molecule has 2 rings (SSSR count). The molecule has 1 aromatic carbocycles. The quantitative estimate of drug-likeness (QED) is 0.899. The number of nitrogens with one attached hydrogen (secondary N) is 1. The van der Waals surface area contributed by atoms with Crippen molar-refractivity contribution in [2.24, 2.45) is 0 Å². The van der Waals surface area contributed by atoms with E-state index in [1.807, 2.05) is 7.05 Å². The highest BCUT2D eigenvalue weighted by molar-refractivity contribution is 5.40. The zero-order valence-electron chi connectivity index (χ0n) is 13.0. The summed E-state index contributed by atoms with van der Waals surface area (Å²) < 4.78 is 5.51. The highest BCUT2D eigenvalue weighted by Gasteiger charge is 2.40. The van der Waals surface area contributed by atoms with Gasteiger partial charge in [0.2, 0.25) is 0 Å². The van der Waals surface area contributed by atoms with Gasteiger partial charge in [-0.25, -0.2) is 0 Å². The molecule has 19 heavy (non-hydrogen) atoms. The van der Waals surface area contributed by atoms with Crippen LogP contribution in [0.1, 0.15) is 43.9 Å². The Morgan fingerprint density at radius 1 is 1.26 bits per heavy atom. The maximum absolute atomic E-state index is 5.51. The molecular formula is C17H27NO. The second-order valence-electron chi connectivity index (χ2n) is 6.91. The van der Waals surface area contributed by atoms with Crippen molar-refractivity contribution < 1.29 is 4.74 Å². The SMILES string of the molecule is CNCCC1(c2ccc(C(C)(C)C)cc2C)COC1. The van der Waals surface area contributed by atoms with E-state index < -0.39 is 0 Å². The molecule has 1 heterocycles. The fourth-order valence-corrected chi connectivity index (χ4v) is 2.87. The highest BCUT2D eigenvalue weighted by Crippen LogP contribution is 2.38. The van der Waals surface area contributed by atoms with Crippen molar-refractivity contribution in [2.45, 2.75) is 44.9 Å². The summed E-state index contributed by atoms with van der Waals surface area (Å²) in [6.07, 6.45) is 1.15. The summed E-state index contributed by atoms with van der Waals surface area (Å²) in [5.41, 5.74) is 4.76. The van der Waals surface area contributed by atoms with Crippen LogP contribution in [0.2, 0.25) is 0 Å². The molecule has 0 radical (unpaired) electrons. The van der Waals surface area contributed by atoms with Gasteiger partial charge in [-0.3, -0.25) is 0 Å². The molecule has 0 aromatic heterocycles. The van der Waals surface area contributed by atoms with Crippen molar-refractivity contribution in [3.63, 3.8) is 0 Å². The van der Waals surface area contributed by atoms with Crippen molar-refractivity contribution >= 4 is 0 Å². The second-order valence-corrected chi connectivity index (χ2v) is 6.91. The zero-order valence-corrected chi connectivity index (χ0v) is 13.0. The van der Waals surface area contributed by atoms with Gasteiger partial charge in [0.15, 0.2) is 0 Å². The molecule has 106 valence electrons. The van der Waals surface area contributed by atoms with E-state index >= 15 is 0 Å². The van der Waals surface area contributed by atoms with Crippen molar-refractivity contribution in [2.75, 3.05) is 26.8 Å². The van der Waals surface area contributed by atoms with Gasteiger partial charge in [0.05, 0.1) is 13.2 Å². The van der Waals surface area contributed by atoms with E-state index in [4.69, 9.17) is 4.74 Å². The minimum absolute atomic E-state index is 0.220. The molecule has 2 nitrogen and oxygen atoms in total. The summed E-state index contributed by atoms with van der Waals surface area (Å²) in [4.78, 5) is 0. The minimum Gasteiger partial charge on any atom is -0.379 e. The average Bonchev–Trinajstić information content (AvgIpc) is 2.28. The molecular weight excluding hydrogens is 234 g/mol. The molecule has 1 aromatic rings. The number of ether oxygens (including phenoxy) is 1. The van der Waals surface area contributed by atoms with Crippen molar-refractivity contribution in [1.29, 1.82) is 0 Å². The van der Waals surface area contributed by atoms with E-state index in [0.29, 0.717) is 0 Å². The second kappa shape index (κ2) is 5.26. The Morgan fingerprint density at radius 2 is 1.95 bits per heavy atom. The maximum atomic E-state index is 5.51.